The van der Waals surface area contributed by atoms with Crippen molar-refractivity contribution in [2.24, 2.45) is 11.7 Å². The van der Waals surface area contributed by atoms with Crippen LogP contribution in [-0.2, 0) is 11.2 Å². The maximum absolute atomic E-state index is 12.2. The van der Waals surface area contributed by atoms with E-state index in [1.807, 2.05) is 37.3 Å². The lowest BCUT2D eigenvalue weighted by Crippen LogP contribution is -2.41. The number of halogens is 1. The van der Waals surface area contributed by atoms with E-state index in [-0.39, 0.29) is 30.8 Å². The smallest absolute Gasteiger partial charge is 0.226 e. The standard InChI is InChI=1S/C17H25N5O.ClH/c1-12(2)9-14(11-18)19-17(23)10-16-13(3)22(21-20-16)15-7-5-4-6-8-15;/h4-8,12,14H,9-11,18H2,1-3H3,(H,19,23);1H. The normalized spacial score (nSPS) is 11.9. The van der Waals surface area contributed by atoms with Gasteiger partial charge in [-0.05, 0) is 31.4 Å². The van der Waals surface area contributed by atoms with Gasteiger partial charge in [-0.15, -0.1) is 17.5 Å². The van der Waals surface area contributed by atoms with Gasteiger partial charge in [0.2, 0.25) is 5.91 Å². The van der Waals surface area contributed by atoms with Crippen LogP contribution >= 0.6 is 12.4 Å². The summed E-state index contributed by atoms with van der Waals surface area (Å²) in [6.07, 6.45) is 1.09. The second kappa shape index (κ2) is 9.39. The fraction of sp³-hybridized carbons (Fsp3) is 0.471. The minimum absolute atomic E-state index is 0. The van der Waals surface area contributed by atoms with Crippen LogP contribution in [0.3, 0.4) is 0 Å². The lowest BCUT2D eigenvalue weighted by molar-refractivity contribution is -0.121. The first kappa shape index (κ1) is 20.1. The molecule has 1 aromatic heterocycles. The number of rotatable bonds is 7. The molecule has 1 unspecified atom stereocenters. The van der Waals surface area contributed by atoms with Crippen LogP contribution < -0.4 is 11.1 Å². The fourth-order valence-corrected chi connectivity index (χ4v) is 2.55. The molecule has 1 atom stereocenters. The Morgan fingerprint density at radius 1 is 1.29 bits per heavy atom. The molecule has 0 bridgehead atoms. The zero-order valence-corrected chi connectivity index (χ0v) is 15.2. The van der Waals surface area contributed by atoms with Gasteiger partial charge in [0.25, 0.3) is 0 Å². The highest BCUT2D eigenvalue weighted by molar-refractivity contribution is 5.85. The minimum Gasteiger partial charge on any atom is -0.352 e. The fourth-order valence-electron chi connectivity index (χ4n) is 2.55. The number of amides is 1. The lowest BCUT2D eigenvalue weighted by atomic mass is 10.0. The summed E-state index contributed by atoms with van der Waals surface area (Å²) in [5, 5.41) is 11.3. The Balaban J connectivity index is 0.00000288. The molecule has 0 aliphatic rings. The number of nitrogens with two attached hydrogens (primary N) is 1. The minimum atomic E-state index is -0.0655. The van der Waals surface area contributed by atoms with Crippen LogP contribution in [0.25, 0.3) is 5.69 Å². The average molecular weight is 352 g/mol. The van der Waals surface area contributed by atoms with Crippen molar-refractivity contribution in [3.63, 3.8) is 0 Å². The predicted molar refractivity (Wildman–Crippen MR) is 97.5 cm³/mol. The zero-order chi connectivity index (χ0) is 16.8. The molecule has 7 heteroatoms. The van der Waals surface area contributed by atoms with Crippen molar-refractivity contribution in [3.8, 4) is 5.69 Å². The molecular formula is C17H26ClN5O. The van der Waals surface area contributed by atoms with E-state index in [9.17, 15) is 4.79 Å². The predicted octanol–water partition coefficient (Wildman–Crippen LogP) is 2.03. The first-order valence-electron chi connectivity index (χ1n) is 7.97. The van der Waals surface area contributed by atoms with Gasteiger partial charge in [0, 0.05) is 12.6 Å². The van der Waals surface area contributed by atoms with E-state index in [2.05, 4.69) is 29.5 Å². The van der Waals surface area contributed by atoms with E-state index < -0.39 is 0 Å². The molecule has 1 amide bonds. The lowest BCUT2D eigenvalue weighted by Gasteiger charge is -2.18. The molecule has 1 heterocycles. The molecule has 132 valence electrons. The maximum atomic E-state index is 12.2. The second-order valence-corrected chi connectivity index (χ2v) is 6.18. The van der Waals surface area contributed by atoms with Crippen LogP contribution in [0.5, 0.6) is 0 Å². The Morgan fingerprint density at radius 2 is 1.96 bits per heavy atom. The Morgan fingerprint density at radius 3 is 2.54 bits per heavy atom. The summed E-state index contributed by atoms with van der Waals surface area (Å²) in [7, 11) is 0. The van der Waals surface area contributed by atoms with Gasteiger partial charge in [-0.2, -0.15) is 0 Å². The SMILES string of the molecule is Cc1c(CC(=O)NC(CN)CC(C)C)nnn1-c1ccccc1.Cl. The van der Waals surface area contributed by atoms with E-state index in [1.165, 1.54) is 0 Å². The molecule has 0 radical (unpaired) electrons. The van der Waals surface area contributed by atoms with Gasteiger partial charge in [-0.3, -0.25) is 4.79 Å². The second-order valence-electron chi connectivity index (χ2n) is 6.18. The summed E-state index contributed by atoms with van der Waals surface area (Å²) in [6, 6.07) is 9.76. The Hall–Kier alpha value is -1.92. The quantitative estimate of drug-likeness (QED) is 0.799. The van der Waals surface area contributed by atoms with Crippen molar-refractivity contribution in [3.05, 3.63) is 41.7 Å². The summed E-state index contributed by atoms with van der Waals surface area (Å²) in [5.41, 5.74) is 8.22. The van der Waals surface area contributed by atoms with Gasteiger partial charge in [0.05, 0.1) is 23.5 Å². The van der Waals surface area contributed by atoms with Crippen molar-refractivity contribution in [2.75, 3.05) is 6.54 Å². The summed E-state index contributed by atoms with van der Waals surface area (Å²) >= 11 is 0. The highest BCUT2D eigenvalue weighted by Crippen LogP contribution is 2.12. The van der Waals surface area contributed by atoms with Crippen molar-refractivity contribution in [1.29, 1.82) is 0 Å². The molecule has 6 nitrogen and oxygen atoms in total. The molecule has 2 aromatic rings. The number of para-hydroxylation sites is 1. The molecule has 1 aromatic carbocycles. The summed E-state index contributed by atoms with van der Waals surface area (Å²) < 4.78 is 1.75. The third kappa shape index (κ3) is 5.32. The number of nitrogens with zero attached hydrogens (tertiary/aromatic N) is 3. The molecule has 2 rings (SSSR count). The molecule has 0 aliphatic heterocycles. The molecule has 0 saturated heterocycles. The van der Waals surface area contributed by atoms with E-state index in [4.69, 9.17) is 5.73 Å². The molecule has 3 N–H and O–H groups in total. The third-order valence-corrected chi connectivity index (χ3v) is 3.72. The molecular weight excluding hydrogens is 326 g/mol. The molecule has 24 heavy (non-hydrogen) atoms. The van der Waals surface area contributed by atoms with Gasteiger partial charge in [-0.25, -0.2) is 4.68 Å². The summed E-state index contributed by atoms with van der Waals surface area (Å²) in [6.45, 7) is 6.60. The topological polar surface area (TPSA) is 85.8 Å². The first-order valence-corrected chi connectivity index (χ1v) is 7.97. The maximum Gasteiger partial charge on any atom is 0.226 e. The highest BCUT2D eigenvalue weighted by atomic mass is 35.5. The summed E-state index contributed by atoms with van der Waals surface area (Å²) in [4.78, 5) is 12.2. The van der Waals surface area contributed by atoms with E-state index in [0.717, 1.165) is 17.8 Å². The van der Waals surface area contributed by atoms with Crippen LogP contribution in [-0.4, -0.2) is 33.5 Å². The van der Waals surface area contributed by atoms with Crippen molar-refractivity contribution < 1.29 is 4.79 Å². The Kier molecular flexibility index (Phi) is 7.88. The van der Waals surface area contributed by atoms with E-state index in [0.29, 0.717) is 18.2 Å². The molecule has 0 saturated carbocycles. The number of hydrogen-bond acceptors (Lipinski definition) is 4. The number of carbonyl (C=O) groups excluding carboxylic acids is 1. The van der Waals surface area contributed by atoms with Crippen LogP contribution in [0.4, 0.5) is 0 Å². The number of carbonyl (C=O) groups is 1. The van der Waals surface area contributed by atoms with E-state index >= 15 is 0 Å². The van der Waals surface area contributed by atoms with Gasteiger partial charge in [0.1, 0.15) is 0 Å². The third-order valence-electron chi connectivity index (χ3n) is 3.72. The van der Waals surface area contributed by atoms with Gasteiger partial charge >= 0.3 is 0 Å². The molecule has 0 spiro atoms. The van der Waals surface area contributed by atoms with Crippen LogP contribution in [0.1, 0.15) is 31.7 Å². The van der Waals surface area contributed by atoms with Gasteiger partial charge in [-0.1, -0.05) is 37.3 Å². The van der Waals surface area contributed by atoms with Crippen molar-refractivity contribution in [1.82, 2.24) is 20.3 Å². The highest BCUT2D eigenvalue weighted by Gasteiger charge is 2.17. The summed E-state index contributed by atoms with van der Waals surface area (Å²) in [5.74, 6) is 0.425. The number of aromatic nitrogens is 3. The molecule has 0 aliphatic carbocycles. The van der Waals surface area contributed by atoms with Crippen molar-refractivity contribution >= 4 is 18.3 Å². The monoisotopic (exact) mass is 351 g/mol. The van der Waals surface area contributed by atoms with E-state index in [1.54, 1.807) is 4.68 Å². The molecule has 0 fully saturated rings. The number of nitrogens with one attached hydrogen (secondary N) is 1. The van der Waals surface area contributed by atoms with Crippen molar-refractivity contribution in [2.45, 2.75) is 39.7 Å². The largest absolute Gasteiger partial charge is 0.352 e. The van der Waals surface area contributed by atoms with Gasteiger partial charge < -0.3 is 11.1 Å². The first-order chi connectivity index (χ1) is 11.0. The Labute approximate surface area is 149 Å². The Bertz CT molecular complexity index is 642. The zero-order valence-electron chi connectivity index (χ0n) is 14.4. The van der Waals surface area contributed by atoms with Crippen LogP contribution in [0.2, 0.25) is 0 Å². The van der Waals surface area contributed by atoms with Gasteiger partial charge in [0.15, 0.2) is 0 Å². The number of hydrogen-bond donors (Lipinski definition) is 2. The average Bonchev–Trinajstić information content (AvgIpc) is 2.88. The number of benzene rings is 1. The van der Waals surface area contributed by atoms with Crippen LogP contribution in [0.15, 0.2) is 30.3 Å². The van der Waals surface area contributed by atoms with Crippen LogP contribution in [0, 0.1) is 12.8 Å².